The van der Waals surface area contributed by atoms with Crippen LogP contribution in [0.4, 0.5) is 0 Å². The van der Waals surface area contributed by atoms with Crippen LogP contribution in [0, 0.1) is 0 Å². The molecule has 2 rings (SSSR count). The van der Waals surface area contributed by atoms with Gasteiger partial charge in [-0.25, -0.2) is 4.98 Å². The minimum absolute atomic E-state index is 0.235. The summed E-state index contributed by atoms with van der Waals surface area (Å²) in [5.41, 5.74) is 5.65. The highest BCUT2D eigenvalue weighted by Gasteiger charge is 2.17. The highest BCUT2D eigenvalue weighted by Crippen LogP contribution is 2.10. The number of benzene rings is 1. The van der Waals surface area contributed by atoms with Gasteiger partial charge in [-0.2, -0.15) is 0 Å². The van der Waals surface area contributed by atoms with Crippen molar-refractivity contribution in [1.29, 1.82) is 0 Å². The van der Waals surface area contributed by atoms with Gasteiger partial charge in [-0.05, 0) is 18.6 Å². The number of nitrogens with two attached hydrogens (primary N) is 1. The van der Waals surface area contributed by atoms with E-state index >= 15 is 0 Å². The average molecular weight is 231 g/mol. The predicted molar refractivity (Wildman–Crippen MR) is 64.5 cm³/mol. The van der Waals surface area contributed by atoms with E-state index in [1.165, 1.54) is 10.9 Å². The summed E-state index contributed by atoms with van der Waals surface area (Å²) in [6.45, 7) is 1.80. The van der Waals surface area contributed by atoms with Crippen molar-refractivity contribution in [2.75, 3.05) is 0 Å². The molecule has 1 aromatic carbocycles. The van der Waals surface area contributed by atoms with Crippen molar-refractivity contribution < 1.29 is 4.79 Å². The topological polar surface area (TPSA) is 78.0 Å². The summed E-state index contributed by atoms with van der Waals surface area (Å²) in [5, 5.41) is 0.495. The fourth-order valence-corrected chi connectivity index (χ4v) is 1.84. The third kappa shape index (κ3) is 1.91. The van der Waals surface area contributed by atoms with E-state index in [1.807, 2.05) is 6.07 Å². The van der Waals surface area contributed by atoms with Crippen LogP contribution in [0.5, 0.6) is 0 Å². The van der Waals surface area contributed by atoms with Crippen LogP contribution < -0.4 is 11.3 Å². The van der Waals surface area contributed by atoms with E-state index in [0.29, 0.717) is 17.3 Å². The smallest absolute Gasteiger partial charge is 0.261 e. The van der Waals surface area contributed by atoms with Gasteiger partial charge in [0.15, 0.2) is 0 Å². The number of primary amides is 1. The molecule has 1 atom stereocenters. The number of para-hydroxylation sites is 1. The summed E-state index contributed by atoms with van der Waals surface area (Å²) in [5.74, 6) is -0.522. The largest absolute Gasteiger partial charge is 0.368 e. The van der Waals surface area contributed by atoms with E-state index in [-0.39, 0.29) is 5.56 Å². The number of carbonyl (C=O) groups is 1. The van der Waals surface area contributed by atoms with Crippen molar-refractivity contribution in [3.8, 4) is 0 Å². The molecule has 0 aliphatic rings. The van der Waals surface area contributed by atoms with Crippen LogP contribution in [0.3, 0.4) is 0 Å². The van der Waals surface area contributed by atoms with Crippen LogP contribution in [0.15, 0.2) is 35.4 Å². The van der Waals surface area contributed by atoms with Gasteiger partial charge in [0.1, 0.15) is 6.04 Å². The van der Waals surface area contributed by atoms with Crippen molar-refractivity contribution in [3.05, 3.63) is 40.9 Å². The lowest BCUT2D eigenvalue weighted by atomic mass is 10.2. The molecule has 1 amide bonds. The van der Waals surface area contributed by atoms with Gasteiger partial charge in [0, 0.05) is 0 Å². The maximum atomic E-state index is 12.1. The minimum Gasteiger partial charge on any atom is -0.368 e. The van der Waals surface area contributed by atoms with Crippen LogP contribution in [0.25, 0.3) is 10.9 Å². The number of aromatic nitrogens is 2. The van der Waals surface area contributed by atoms with E-state index in [4.69, 9.17) is 5.73 Å². The van der Waals surface area contributed by atoms with Crippen LogP contribution in [-0.4, -0.2) is 15.5 Å². The molecule has 0 unspecified atom stereocenters. The monoisotopic (exact) mass is 231 g/mol. The molecule has 0 bridgehead atoms. The second-order valence-electron chi connectivity index (χ2n) is 3.80. The van der Waals surface area contributed by atoms with Crippen LogP contribution in [0.1, 0.15) is 19.4 Å². The van der Waals surface area contributed by atoms with Crippen molar-refractivity contribution in [3.63, 3.8) is 0 Å². The average Bonchev–Trinajstić information content (AvgIpc) is 2.33. The molecule has 17 heavy (non-hydrogen) atoms. The van der Waals surface area contributed by atoms with E-state index < -0.39 is 11.9 Å². The Hall–Kier alpha value is -2.17. The van der Waals surface area contributed by atoms with Crippen molar-refractivity contribution in [1.82, 2.24) is 9.55 Å². The number of carbonyl (C=O) groups excluding carboxylic acids is 1. The molecular formula is C12H13N3O2. The zero-order valence-electron chi connectivity index (χ0n) is 9.46. The Morgan fingerprint density at radius 2 is 2.18 bits per heavy atom. The first-order valence-electron chi connectivity index (χ1n) is 5.40. The van der Waals surface area contributed by atoms with Crippen molar-refractivity contribution >= 4 is 16.8 Å². The summed E-state index contributed by atoms with van der Waals surface area (Å²) in [7, 11) is 0. The first-order valence-corrected chi connectivity index (χ1v) is 5.40. The first kappa shape index (κ1) is 11.3. The number of hydrogen-bond acceptors (Lipinski definition) is 3. The highest BCUT2D eigenvalue weighted by molar-refractivity contribution is 5.80. The van der Waals surface area contributed by atoms with Gasteiger partial charge in [0.05, 0.1) is 17.2 Å². The summed E-state index contributed by atoms with van der Waals surface area (Å²) >= 11 is 0. The van der Waals surface area contributed by atoms with Crippen LogP contribution >= 0.6 is 0 Å². The van der Waals surface area contributed by atoms with Gasteiger partial charge >= 0.3 is 0 Å². The summed E-state index contributed by atoms with van der Waals surface area (Å²) in [6, 6.07) is 6.38. The molecular weight excluding hydrogens is 218 g/mol. The van der Waals surface area contributed by atoms with Crippen LogP contribution in [-0.2, 0) is 4.79 Å². The molecule has 1 heterocycles. The second kappa shape index (κ2) is 4.37. The third-order valence-corrected chi connectivity index (χ3v) is 2.74. The first-order chi connectivity index (χ1) is 8.15. The number of hydrogen-bond donors (Lipinski definition) is 1. The molecule has 2 aromatic rings. The Labute approximate surface area is 97.9 Å². The molecule has 1 aromatic heterocycles. The lowest BCUT2D eigenvalue weighted by molar-refractivity contribution is -0.121. The van der Waals surface area contributed by atoms with Gasteiger partial charge < -0.3 is 5.73 Å². The third-order valence-electron chi connectivity index (χ3n) is 2.74. The SMILES string of the molecule is CC[C@H](C(N)=O)n1cnc2ccccc2c1=O. The molecule has 0 spiro atoms. The van der Waals surface area contributed by atoms with Crippen LogP contribution in [0.2, 0.25) is 0 Å². The van der Waals surface area contributed by atoms with Crippen molar-refractivity contribution in [2.45, 2.75) is 19.4 Å². The molecule has 88 valence electrons. The Morgan fingerprint density at radius 3 is 2.82 bits per heavy atom. The van der Waals surface area contributed by atoms with Gasteiger partial charge in [-0.15, -0.1) is 0 Å². The second-order valence-corrected chi connectivity index (χ2v) is 3.80. The highest BCUT2D eigenvalue weighted by atomic mass is 16.2. The number of rotatable bonds is 3. The molecule has 5 heteroatoms. The molecule has 0 aliphatic carbocycles. The lowest BCUT2D eigenvalue weighted by Gasteiger charge is -2.14. The summed E-state index contributed by atoms with van der Waals surface area (Å²) in [4.78, 5) is 27.6. The van der Waals surface area contributed by atoms with E-state index in [2.05, 4.69) is 4.98 Å². The van der Waals surface area contributed by atoms with E-state index in [0.717, 1.165) is 0 Å². The Kier molecular flexibility index (Phi) is 2.91. The maximum absolute atomic E-state index is 12.1. The Balaban J connectivity index is 2.68. The van der Waals surface area contributed by atoms with Gasteiger partial charge in [0.25, 0.3) is 5.56 Å². The number of amides is 1. The minimum atomic E-state index is -0.639. The van der Waals surface area contributed by atoms with Gasteiger partial charge in [-0.1, -0.05) is 19.1 Å². The molecule has 0 fully saturated rings. The number of nitrogens with zero attached hydrogens (tertiary/aromatic N) is 2. The fourth-order valence-electron chi connectivity index (χ4n) is 1.84. The lowest BCUT2D eigenvalue weighted by Crippen LogP contribution is -2.33. The molecule has 0 aliphatic heterocycles. The molecule has 5 nitrogen and oxygen atoms in total. The van der Waals surface area contributed by atoms with Gasteiger partial charge in [-0.3, -0.25) is 14.2 Å². The Morgan fingerprint density at radius 1 is 1.47 bits per heavy atom. The zero-order valence-corrected chi connectivity index (χ0v) is 9.46. The molecule has 0 radical (unpaired) electrons. The van der Waals surface area contributed by atoms with Gasteiger partial charge in [0.2, 0.25) is 5.91 Å². The molecule has 0 saturated heterocycles. The Bertz CT molecular complexity index is 618. The quantitative estimate of drug-likeness (QED) is 0.849. The van der Waals surface area contributed by atoms with E-state index in [1.54, 1.807) is 25.1 Å². The maximum Gasteiger partial charge on any atom is 0.261 e. The normalized spacial score (nSPS) is 12.5. The molecule has 0 saturated carbocycles. The summed E-state index contributed by atoms with van der Waals surface area (Å²) in [6.07, 6.45) is 1.85. The number of fused-ring (bicyclic) bond motifs is 1. The van der Waals surface area contributed by atoms with E-state index in [9.17, 15) is 9.59 Å². The standard InChI is InChI=1S/C12H13N3O2/c1-2-10(11(13)16)15-7-14-9-6-4-3-5-8(9)12(15)17/h3-7,10H,2H2,1H3,(H2,13,16)/t10-/m1/s1. The van der Waals surface area contributed by atoms with Crippen molar-refractivity contribution in [2.24, 2.45) is 5.73 Å². The fraction of sp³-hybridized carbons (Fsp3) is 0.250. The zero-order chi connectivity index (χ0) is 12.4. The molecule has 2 N–H and O–H groups in total. The summed E-state index contributed by atoms with van der Waals surface area (Å²) < 4.78 is 1.30. The predicted octanol–water partition coefficient (Wildman–Crippen LogP) is 0.833.